The first-order chi connectivity index (χ1) is 9.24. The monoisotopic (exact) mass is 286 g/mol. The zero-order chi connectivity index (χ0) is 13.2. The fourth-order valence-corrected chi connectivity index (χ4v) is 2.94. The normalized spacial score (nSPS) is 10.8. The van der Waals surface area contributed by atoms with Crippen LogP contribution in [0.15, 0.2) is 58.7 Å². The van der Waals surface area contributed by atoms with E-state index in [1.807, 2.05) is 19.1 Å². The SMILES string of the molecule is Cc1c(Cl)ncnc1Sc1ccc2ccccc2c1. The van der Waals surface area contributed by atoms with Crippen LogP contribution in [-0.2, 0) is 0 Å². The Morgan fingerprint density at radius 3 is 2.63 bits per heavy atom. The molecule has 94 valence electrons. The minimum Gasteiger partial charge on any atom is -0.229 e. The van der Waals surface area contributed by atoms with Gasteiger partial charge in [0, 0.05) is 10.5 Å². The van der Waals surface area contributed by atoms with Gasteiger partial charge < -0.3 is 0 Å². The van der Waals surface area contributed by atoms with Crippen molar-refractivity contribution in [1.29, 1.82) is 0 Å². The number of nitrogens with zero attached hydrogens (tertiary/aromatic N) is 2. The summed E-state index contributed by atoms with van der Waals surface area (Å²) in [6, 6.07) is 14.7. The molecule has 0 saturated carbocycles. The molecule has 0 radical (unpaired) electrons. The molecule has 0 unspecified atom stereocenters. The molecule has 0 atom stereocenters. The molecule has 1 aromatic heterocycles. The van der Waals surface area contributed by atoms with Crippen LogP contribution in [0.1, 0.15) is 5.56 Å². The lowest BCUT2D eigenvalue weighted by Gasteiger charge is -2.06. The first-order valence-electron chi connectivity index (χ1n) is 5.88. The lowest BCUT2D eigenvalue weighted by molar-refractivity contribution is 1.00. The van der Waals surface area contributed by atoms with E-state index in [-0.39, 0.29) is 0 Å². The molecule has 3 aromatic rings. The van der Waals surface area contributed by atoms with Gasteiger partial charge >= 0.3 is 0 Å². The number of halogens is 1. The van der Waals surface area contributed by atoms with E-state index in [2.05, 4.69) is 40.3 Å². The van der Waals surface area contributed by atoms with Gasteiger partial charge in [-0.2, -0.15) is 0 Å². The number of benzene rings is 2. The topological polar surface area (TPSA) is 25.8 Å². The molecule has 0 saturated heterocycles. The van der Waals surface area contributed by atoms with Crippen molar-refractivity contribution in [2.45, 2.75) is 16.8 Å². The quantitative estimate of drug-likeness (QED) is 0.636. The van der Waals surface area contributed by atoms with Crippen LogP contribution >= 0.6 is 23.4 Å². The minimum absolute atomic E-state index is 0.512. The smallest absolute Gasteiger partial charge is 0.136 e. The molecule has 0 amide bonds. The summed E-state index contributed by atoms with van der Waals surface area (Å²) < 4.78 is 0. The van der Waals surface area contributed by atoms with E-state index in [0.29, 0.717) is 5.15 Å². The van der Waals surface area contributed by atoms with Crippen LogP contribution in [-0.4, -0.2) is 9.97 Å². The summed E-state index contributed by atoms with van der Waals surface area (Å²) in [5.74, 6) is 0. The van der Waals surface area contributed by atoms with Crippen molar-refractivity contribution in [2.24, 2.45) is 0 Å². The van der Waals surface area contributed by atoms with E-state index >= 15 is 0 Å². The van der Waals surface area contributed by atoms with Crippen molar-refractivity contribution in [1.82, 2.24) is 9.97 Å². The second-order valence-electron chi connectivity index (χ2n) is 4.21. The average Bonchev–Trinajstić information content (AvgIpc) is 2.44. The average molecular weight is 287 g/mol. The Morgan fingerprint density at radius 1 is 1.00 bits per heavy atom. The summed E-state index contributed by atoms with van der Waals surface area (Å²) in [7, 11) is 0. The van der Waals surface area contributed by atoms with Crippen molar-refractivity contribution in [3.05, 3.63) is 59.5 Å². The molecule has 0 spiro atoms. The van der Waals surface area contributed by atoms with E-state index in [4.69, 9.17) is 11.6 Å². The maximum absolute atomic E-state index is 6.01. The number of hydrogen-bond donors (Lipinski definition) is 0. The zero-order valence-corrected chi connectivity index (χ0v) is 11.9. The van der Waals surface area contributed by atoms with Gasteiger partial charge in [0.2, 0.25) is 0 Å². The van der Waals surface area contributed by atoms with E-state index in [9.17, 15) is 0 Å². The van der Waals surface area contributed by atoms with E-state index < -0.39 is 0 Å². The van der Waals surface area contributed by atoms with Crippen molar-refractivity contribution >= 4 is 34.1 Å². The summed E-state index contributed by atoms with van der Waals surface area (Å²) in [4.78, 5) is 9.40. The van der Waals surface area contributed by atoms with Crippen molar-refractivity contribution in [3.63, 3.8) is 0 Å². The number of aromatic nitrogens is 2. The fourth-order valence-electron chi connectivity index (χ4n) is 1.86. The number of rotatable bonds is 2. The Labute approximate surface area is 120 Å². The minimum atomic E-state index is 0.512. The lowest BCUT2D eigenvalue weighted by atomic mass is 10.1. The number of fused-ring (bicyclic) bond motifs is 1. The molecule has 0 aliphatic heterocycles. The Morgan fingerprint density at radius 2 is 1.79 bits per heavy atom. The molecule has 2 nitrogen and oxygen atoms in total. The molecular formula is C15H11ClN2S. The van der Waals surface area contributed by atoms with Crippen LogP contribution in [0.4, 0.5) is 0 Å². The third-order valence-electron chi connectivity index (χ3n) is 2.91. The van der Waals surface area contributed by atoms with Crippen molar-refractivity contribution in [3.8, 4) is 0 Å². The number of hydrogen-bond acceptors (Lipinski definition) is 3. The van der Waals surface area contributed by atoms with Crippen LogP contribution in [0.25, 0.3) is 10.8 Å². The van der Waals surface area contributed by atoms with E-state index in [0.717, 1.165) is 15.5 Å². The second kappa shape index (κ2) is 5.19. The molecule has 0 fully saturated rings. The molecule has 0 N–H and O–H groups in total. The first kappa shape index (κ1) is 12.5. The van der Waals surface area contributed by atoms with Gasteiger partial charge in [0.1, 0.15) is 16.5 Å². The van der Waals surface area contributed by atoms with Crippen LogP contribution in [0.3, 0.4) is 0 Å². The van der Waals surface area contributed by atoms with Gasteiger partial charge in [-0.1, -0.05) is 53.7 Å². The summed E-state index contributed by atoms with van der Waals surface area (Å²) in [5.41, 5.74) is 0.919. The molecule has 3 rings (SSSR count). The highest BCUT2D eigenvalue weighted by Gasteiger charge is 2.07. The standard InChI is InChI=1S/C15H11ClN2S/c1-10-14(16)17-9-18-15(10)19-13-7-6-11-4-2-3-5-12(11)8-13/h2-9H,1H3. The van der Waals surface area contributed by atoms with E-state index in [1.165, 1.54) is 17.1 Å². The fraction of sp³-hybridized carbons (Fsp3) is 0.0667. The van der Waals surface area contributed by atoms with Gasteiger partial charge in [-0.3, -0.25) is 0 Å². The Hall–Kier alpha value is -1.58. The summed E-state index contributed by atoms with van der Waals surface area (Å²) in [6.07, 6.45) is 1.50. The largest absolute Gasteiger partial charge is 0.229 e. The molecular weight excluding hydrogens is 276 g/mol. The third kappa shape index (κ3) is 2.57. The van der Waals surface area contributed by atoms with Gasteiger partial charge in [-0.25, -0.2) is 9.97 Å². The molecule has 4 heteroatoms. The summed E-state index contributed by atoms with van der Waals surface area (Å²) >= 11 is 7.62. The van der Waals surface area contributed by atoms with Gasteiger partial charge in [0.15, 0.2) is 0 Å². The summed E-state index contributed by atoms with van der Waals surface area (Å²) in [5, 5.41) is 3.88. The predicted molar refractivity (Wildman–Crippen MR) is 79.9 cm³/mol. The Kier molecular flexibility index (Phi) is 3.40. The lowest BCUT2D eigenvalue weighted by Crippen LogP contribution is -1.89. The van der Waals surface area contributed by atoms with Gasteiger partial charge in [-0.05, 0) is 29.8 Å². The summed E-state index contributed by atoms with van der Waals surface area (Å²) in [6.45, 7) is 1.94. The van der Waals surface area contributed by atoms with Crippen LogP contribution in [0, 0.1) is 6.92 Å². The maximum Gasteiger partial charge on any atom is 0.136 e. The van der Waals surface area contributed by atoms with Gasteiger partial charge in [0.25, 0.3) is 0 Å². The Balaban J connectivity index is 1.99. The van der Waals surface area contributed by atoms with Crippen molar-refractivity contribution < 1.29 is 0 Å². The van der Waals surface area contributed by atoms with Gasteiger partial charge in [-0.15, -0.1) is 0 Å². The maximum atomic E-state index is 6.01. The molecule has 0 aliphatic rings. The highest BCUT2D eigenvalue weighted by molar-refractivity contribution is 7.99. The van der Waals surface area contributed by atoms with Gasteiger partial charge in [0.05, 0.1) is 0 Å². The second-order valence-corrected chi connectivity index (χ2v) is 5.63. The van der Waals surface area contributed by atoms with Crippen LogP contribution < -0.4 is 0 Å². The molecule has 0 aliphatic carbocycles. The molecule has 2 aromatic carbocycles. The highest BCUT2D eigenvalue weighted by atomic mass is 35.5. The van der Waals surface area contributed by atoms with Crippen LogP contribution in [0.2, 0.25) is 5.15 Å². The molecule has 1 heterocycles. The first-order valence-corrected chi connectivity index (χ1v) is 7.07. The third-order valence-corrected chi connectivity index (χ3v) is 4.39. The highest BCUT2D eigenvalue weighted by Crippen LogP contribution is 2.32. The molecule has 19 heavy (non-hydrogen) atoms. The predicted octanol–water partition coefficient (Wildman–Crippen LogP) is 4.74. The van der Waals surface area contributed by atoms with Crippen LogP contribution in [0.5, 0.6) is 0 Å². The van der Waals surface area contributed by atoms with E-state index in [1.54, 1.807) is 11.8 Å². The van der Waals surface area contributed by atoms with Crippen molar-refractivity contribution in [2.75, 3.05) is 0 Å². The Bertz CT molecular complexity index is 743. The zero-order valence-electron chi connectivity index (χ0n) is 10.3. The molecule has 0 bridgehead atoms.